The number of hydrogen-bond donors (Lipinski definition) is 2. The minimum absolute atomic E-state index is 0.000388. The van der Waals surface area contributed by atoms with Crippen LogP contribution in [-0.4, -0.2) is 28.8 Å². The zero-order chi connectivity index (χ0) is 41.9. The monoisotopic (exact) mass is 826 g/mol. The predicted octanol–water partition coefficient (Wildman–Crippen LogP) is 12.4. The summed E-state index contributed by atoms with van der Waals surface area (Å²) in [5.41, 5.74) is 12.1. The van der Waals surface area contributed by atoms with Crippen molar-refractivity contribution in [2.75, 3.05) is 0 Å². The van der Waals surface area contributed by atoms with E-state index < -0.39 is 0 Å². The van der Waals surface area contributed by atoms with Gasteiger partial charge in [0.1, 0.15) is 23.9 Å². The highest BCUT2D eigenvalue weighted by Crippen LogP contribution is 2.53. The molecule has 8 aliphatic rings. The highest BCUT2D eigenvalue weighted by Gasteiger charge is 2.46. The van der Waals surface area contributed by atoms with Crippen LogP contribution in [0.5, 0.6) is 0 Å². The largest absolute Gasteiger partial charge is 0.493 e. The van der Waals surface area contributed by atoms with Gasteiger partial charge in [-0.05, 0) is 98.1 Å². The second-order valence-corrected chi connectivity index (χ2v) is 19.4. The molecule has 12 rings (SSSR count). The van der Waals surface area contributed by atoms with Crippen molar-refractivity contribution in [3.8, 4) is 5.69 Å². The van der Waals surface area contributed by atoms with E-state index in [1.165, 1.54) is 75.2 Å². The fourth-order valence-electron chi connectivity index (χ4n) is 12.3. The molecule has 9 unspecified atom stereocenters. The van der Waals surface area contributed by atoms with E-state index in [1.807, 2.05) is 0 Å². The Balaban J connectivity index is 0.955. The zero-order valence-corrected chi connectivity index (χ0v) is 36.4. The fraction of sp³-hybridized carbons (Fsp3) is 0.328. The lowest BCUT2D eigenvalue weighted by Gasteiger charge is -2.45. The van der Waals surface area contributed by atoms with Gasteiger partial charge in [-0.2, -0.15) is 0 Å². The van der Waals surface area contributed by atoms with Crippen LogP contribution >= 0.6 is 0 Å². The Morgan fingerprint density at radius 3 is 2.54 bits per heavy atom. The number of para-hydroxylation sites is 2. The second-order valence-electron chi connectivity index (χ2n) is 19.4. The van der Waals surface area contributed by atoms with Gasteiger partial charge in [-0.1, -0.05) is 158 Å². The van der Waals surface area contributed by atoms with E-state index in [0.717, 1.165) is 49.9 Å². The maximum atomic E-state index is 7.02. The molecule has 0 spiro atoms. The molecule has 5 heteroatoms. The van der Waals surface area contributed by atoms with Gasteiger partial charge in [-0.25, -0.2) is 4.99 Å². The van der Waals surface area contributed by atoms with Gasteiger partial charge in [0.2, 0.25) is 0 Å². The molecule has 63 heavy (non-hydrogen) atoms. The molecule has 5 nitrogen and oxygen atoms in total. The number of allylic oxidation sites excluding steroid dienone is 15. The van der Waals surface area contributed by atoms with Gasteiger partial charge >= 0.3 is 0 Å². The van der Waals surface area contributed by atoms with Crippen LogP contribution in [0.2, 0.25) is 0 Å². The number of aryl methyl sites for hydroxylation is 1. The third-order valence-electron chi connectivity index (χ3n) is 15.6. The summed E-state index contributed by atoms with van der Waals surface area (Å²) >= 11 is 0. The first-order chi connectivity index (χ1) is 31.1. The minimum atomic E-state index is -0.141. The highest BCUT2D eigenvalue weighted by molar-refractivity contribution is 5.99. The predicted molar refractivity (Wildman–Crippen MR) is 257 cm³/mol. The fourth-order valence-corrected chi connectivity index (χ4v) is 12.3. The lowest BCUT2D eigenvalue weighted by atomic mass is 9.71. The first-order valence-electron chi connectivity index (χ1n) is 23.8. The molecule has 3 aromatic carbocycles. The molecule has 9 atom stereocenters. The smallest absolute Gasteiger partial charge is 0.131 e. The lowest BCUT2D eigenvalue weighted by molar-refractivity contribution is 0.111. The van der Waals surface area contributed by atoms with Gasteiger partial charge in [-0.15, -0.1) is 0 Å². The first-order valence-corrected chi connectivity index (χ1v) is 23.8. The molecule has 316 valence electrons. The normalized spacial score (nSPS) is 31.9. The van der Waals surface area contributed by atoms with Gasteiger partial charge in [0.05, 0.1) is 17.6 Å². The average molecular weight is 827 g/mol. The van der Waals surface area contributed by atoms with Gasteiger partial charge in [-0.3, -0.25) is 5.32 Å². The number of aliphatic imine (C=N–C) groups is 1. The molecule has 1 aromatic heterocycles. The molecule has 0 saturated carbocycles. The Morgan fingerprint density at radius 2 is 1.70 bits per heavy atom. The molecular formula is C58H58N4O. The van der Waals surface area contributed by atoms with Crippen LogP contribution in [0.3, 0.4) is 0 Å². The number of nitrogens with one attached hydrogen (secondary N) is 2. The SMILES string of the molecule is CC1(C2NC(c3ccccc3)=NC(C3C=C(C4=CC=CC(C5CC=CCC5)C4)C=CC3C3=CC4=C(CC3)OC3CCc5c(n(-c6ccccc6)c6ccccc56)C43)N2)C=CC=CC1. The second kappa shape index (κ2) is 16.0. The molecule has 2 N–H and O–H groups in total. The maximum absolute atomic E-state index is 7.02. The maximum Gasteiger partial charge on any atom is 0.131 e. The van der Waals surface area contributed by atoms with Gasteiger partial charge in [0.15, 0.2) is 0 Å². The van der Waals surface area contributed by atoms with E-state index in [2.05, 4.69) is 186 Å². The van der Waals surface area contributed by atoms with Crippen LogP contribution in [0.4, 0.5) is 0 Å². The number of nitrogens with zero attached hydrogens (tertiary/aromatic N) is 2. The number of amidine groups is 1. The summed E-state index contributed by atoms with van der Waals surface area (Å²) in [6.07, 6.45) is 41.0. The third kappa shape index (κ3) is 6.91. The summed E-state index contributed by atoms with van der Waals surface area (Å²) in [4.78, 5) is 5.66. The van der Waals surface area contributed by atoms with Crippen LogP contribution in [0.25, 0.3) is 16.6 Å². The van der Waals surface area contributed by atoms with Crippen molar-refractivity contribution in [3.05, 3.63) is 209 Å². The Hall–Kier alpha value is -5.91. The van der Waals surface area contributed by atoms with Crippen molar-refractivity contribution in [1.29, 1.82) is 0 Å². The van der Waals surface area contributed by atoms with Crippen molar-refractivity contribution >= 4 is 16.7 Å². The lowest BCUT2D eigenvalue weighted by Crippen LogP contribution is -2.62. The highest BCUT2D eigenvalue weighted by atomic mass is 16.5. The first kappa shape index (κ1) is 38.7. The molecule has 0 amide bonds. The molecular weight excluding hydrogens is 769 g/mol. The molecule has 4 aromatic rings. The van der Waals surface area contributed by atoms with E-state index in [4.69, 9.17) is 9.73 Å². The van der Waals surface area contributed by atoms with Crippen LogP contribution in [0.15, 0.2) is 197 Å². The zero-order valence-electron chi connectivity index (χ0n) is 36.4. The molecule has 0 radical (unpaired) electrons. The minimum Gasteiger partial charge on any atom is -0.493 e. The Labute approximate surface area is 372 Å². The Kier molecular flexibility index (Phi) is 9.85. The van der Waals surface area contributed by atoms with Crippen molar-refractivity contribution in [1.82, 2.24) is 15.2 Å². The van der Waals surface area contributed by atoms with Crippen LogP contribution < -0.4 is 10.6 Å². The van der Waals surface area contributed by atoms with E-state index in [0.29, 0.717) is 11.8 Å². The number of hydrogen-bond acceptors (Lipinski definition) is 4. The van der Waals surface area contributed by atoms with E-state index >= 15 is 0 Å². The number of aromatic nitrogens is 1. The van der Waals surface area contributed by atoms with Gasteiger partial charge < -0.3 is 14.6 Å². The van der Waals surface area contributed by atoms with Crippen LogP contribution in [0.1, 0.15) is 81.0 Å². The molecule has 0 bridgehead atoms. The van der Waals surface area contributed by atoms with Crippen molar-refractivity contribution in [2.45, 2.75) is 89.1 Å². The van der Waals surface area contributed by atoms with E-state index in [1.54, 1.807) is 0 Å². The Morgan fingerprint density at radius 1 is 0.841 bits per heavy atom. The van der Waals surface area contributed by atoms with E-state index in [9.17, 15) is 0 Å². The van der Waals surface area contributed by atoms with Crippen molar-refractivity contribution in [3.63, 3.8) is 0 Å². The summed E-state index contributed by atoms with van der Waals surface area (Å²) in [5, 5.41) is 9.45. The standard InChI is InChI=1S/C58H58N4O/c1-58(33-14-5-15-34-58)57-60-55(39-19-8-3-9-20-39)59-56(61-57)48-36-42(41-22-16-21-40(35-41)38-17-6-2-7-18-38)27-29-45(48)43-28-31-51-49(37-43)53-52(63-51)32-30-47-46-25-12-13-26-50(46)62(54(47)53)44-23-10-4-11-24-44/h2-6,8-16,19-27,29,33,36-38,40,45,48,52-53,56-57,61H,7,17-18,28,30-32,34-35H2,1H3,(H,59,60). The molecule has 0 saturated heterocycles. The summed E-state index contributed by atoms with van der Waals surface area (Å²) in [7, 11) is 0. The topological polar surface area (TPSA) is 50.6 Å². The molecule has 2 aliphatic heterocycles. The van der Waals surface area contributed by atoms with Crippen molar-refractivity contribution in [2.24, 2.45) is 34.1 Å². The van der Waals surface area contributed by atoms with Gasteiger partial charge in [0.25, 0.3) is 0 Å². The van der Waals surface area contributed by atoms with Gasteiger partial charge in [0, 0.05) is 51.6 Å². The summed E-state index contributed by atoms with van der Waals surface area (Å²) < 4.78 is 9.58. The van der Waals surface area contributed by atoms with Crippen LogP contribution in [-0.2, 0) is 11.2 Å². The molecule has 0 fully saturated rings. The number of rotatable bonds is 7. The van der Waals surface area contributed by atoms with E-state index in [-0.39, 0.29) is 41.6 Å². The molecule has 6 aliphatic carbocycles. The Bertz CT molecular complexity index is 2750. The molecule has 3 heterocycles. The number of fused-ring (bicyclic) bond motifs is 6. The summed E-state index contributed by atoms with van der Waals surface area (Å²) in [5.74, 6) is 3.93. The summed E-state index contributed by atoms with van der Waals surface area (Å²) in [6, 6.07) is 30.8. The number of ether oxygens (including phenoxy) is 1. The average Bonchev–Trinajstić information content (AvgIpc) is 3.90. The summed E-state index contributed by atoms with van der Waals surface area (Å²) in [6.45, 7) is 2.38. The quantitative estimate of drug-likeness (QED) is 0.183. The van der Waals surface area contributed by atoms with Crippen molar-refractivity contribution < 1.29 is 4.74 Å². The number of benzene rings is 3. The van der Waals surface area contributed by atoms with Crippen LogP contribution in [0, 0.1) is 29.1 Å². The third-order valence-corrected chi connectivity index (χ3v) is 15.6.